The van der Waals surface area contributed by atoms with Gasteiger partial charge in [0.1, 0.15) is 6.04 Å². The summed E-state index contributed by atoms with van der Waals surface area (Å²) < 4.78 is 0. The largest absolute Gasteiger partial charge is 0.333 e. The molecular weight excluding hydrogens is 250 g/mol. The van der Waals surface area contributed by atoms with Crippen molar-refractivity contribution in [3.8, 4) is 0 Å². The van der Waals surface area contributed by atoms with E-state index in [0.717, 1.165) is 5.69 Å². The third kappa shape index (κ3) is 2.12. The lowest BCUT2D eigenvalue weighted by atomic mass is 10.0. The Morgan fingerprint density at radius 2 is 2.11 bits per heavy atom. The monoisotopic (exact) mass is 267 g/mol. The first-order chi connectivity index (χ1) is 8.41. The van der Waals surface area contributed by atoms with Crippen LogP contribution in [-0.2, 0) is 4.79 Å². The van der Waals surface area contributed by atoms with Crippen LogP contribution in [0.4, 0.5) is 9.93 Å². The Bertz CT molecular complexity index is 483. The third-order valence-electron chi connectivity index (χ3n) is 2.96. The number of aryl methyl sites for hydroxylation is 1. The van der Waals surface area contributed by atoms with Crippen LogP contribution >= 0.6 is 11.3 Å². The fourth-order valence-corrected chi connectivity index (χ4v) is 2.82. The summed E-state index contributed by atoms with van der Waals surface area (Å²) in [5, 5.41) is 2.31. The van der Waals surface area contributed by atoms with Gasteiger partial charge in [-0.2, -0.15) is 0 Å². The SMILES string of the molecule is Cc1csc(N2C(=O)[C@H](CC(C)C)N(C)C2=O)n1. The smallest absolute Gasteiger partial charge is 0.315 e. The molecule has 3 amide bonds. The molecule has 2 rings (SSSR count). The van der Waals surface area contributed by atoms with Crippen molar-refractivity contribution in [3.63, 3.8) is 0 Å². The number of amides is 3. The fourth-order valence-electron chi connectivity index (χ4n) is 2.03. The van der Waals surface area contributed by atoms with Crippen LogP contribution in [0.1, 0.15) is 26.0 Å². The Morgan fingerprint density at radius 1 is 1.44 bits per heavy atom. The second-order valence-electron chi connectivity index (χ2n) is 4.98. The summed E-state index contributed by atoms with van der Waals surface area (Å²) in [4.78, 5) is 31.3. The zero-order chi connectivity index (χ0) is 13.4. The number of likely N-dealkylation sites (N-methyl/N-ethyl adjacent to an activating group) is 1. The second kappa shape index (κ2) is 4.68. The molecule has 1 saturated heterocycles. The first kappa shape index (κ1) is 13.0. The summed E-state index contributed by atoms with van der Waals surface area (Å²) in [6.07, 6.45) is 0.682. The van der Waals surface area contributed by atoms with E-state index >= 15 is 0 Å². The molecule has 1 fully saturated rings. The van der Waals surface area contributed by atoms with Crippen LogP contribution in [0.3, 0.4) is 0 Å². The quantitative estimate of drug-likeness (QED) is 0.789. The van der Waals surface area contributed by atoms with Crippen LogP contribution in [0.15, 0.2) is 5.38 Å². The molecule has 0 unspecified atom stereocenters. The summed E-state index contributed by atoms with van der Waals surface area (Å²) in [7, 11) is 1.67. The Hall–Kier alpha value is -1.43. The number of carbonyl (C=O) groups is 2. The van der Waals surface area contributed by atoms with Crippen molar-refractivity contribution in [2.45, 2.75) is 33.2 Å². The molecule has 0 N–H and O–H groups in total. The summed E-state index contributed by atoms with van der Waals surface area (Å²) >= 11 is 1.32. The van der Waals surface area contributed by atoms with Gasteiger partial charge in [0.25, 0.3) is 5.91 Å². The first-order valence-electron chi connectivity index (χ1n) is 5.94. The zero-order valence-electron chi connectivity index (χ0n) is 11.0. The van der Waals surface area contributed by atoms with E-state index in [0.29, 0.717) is 17.5 Å². The molecule has 0 radical (unpaired) electrons. The zero-order valence-corrected chi connectivity index (χ0v) is 11.8. The Labute approximate surface area is 110 Å². The van der Waals surface area contributed by atoms with Crippen molar-refractivity contribution in [2.24, 2.45) is 5.92 Å². The molecule has 5 nitrogen and oxygen atoms in total. The van der Waals surface area contributed by atoms with Crippen molar-refractivity contribution in [2.75, 3.05) is 11.9 Å². The summed E-state index contributed by atoms with van der Waals surface area (Å²) in [5.41, 5.74) is 0.825. The van der Waals surface area contributed by atoms with Gasteiger partial charge in [0.2, 0.25) is 5.13 Å². The number of imide groups is 1. The molecule has 1 aromatic heterocycles. The van der Waals surface area contributed by atoms with Gasteiger partial charge in [-0.25, -0.2) is 14.7 Å². The Balaban J connectivity index is 2.28. The lowest BCUT2D eigenvalue weighted by Crippen LogP contribution is -2.32. The van der Waals surface area contributed by atoms with Crippen molar-refractivity contribution in [3.05, 3.63) is 11.1 Å². The average molecular weight is 267 g/mol. The molecule has 0 saturated carbocycles. The van der Waals surface area contributed by atoms with E-state index in [9.17, 15) is 9.59 Å². The molecule has 0 aliphatic carbocycles. The minimum absolute atomic E-state index is 0.162. The fraction of sp³-hybridized carbons (Fsp3) is 0.583. The summed E-state index contributed by atoms with van der Waals surface area (Å²) in [6, 6.07) is -0.637. The van der Waals surface area contributed by atoms with Crippen LogP contribution in [0.25, 0.3) is 0 Å². The van der Waals surface area contributed by atoms with Gasteiger partial charge in [-0.05, 0) is 19.3 Å². The number of thiazole rings is 1. The van der Waals surface area contributed by atoms with Gasteiger partial charge in [-0.1, -0.05) is 13.8 Å². The van der Waals surface area contributed by atoms with Gasteiger partial charge in [0, 0.05) is 12.4 Å². The lowest BCUT2D eigenvalue weighted by molar-refractivity contribution is -0.119. The van der Waals surface area contributed by atoms with Crippen molar-refractivity contribution >= 4 is 28.4 Å². The van der Waals surface area contributed by atoms with Crippen LogP contribution in [0.2, 0.25) is 0 Å². The summed E-state index contributed by atoms with van der Waals surface area (Å²) in [6.45, 7) is 5.93. The van der Waals surface area contributed by atoms with E-state index < -0.39 is 0 Å². The highest BCUT2D eigenvalue weighted by Gasteiger charge is 2.45. The van der Waals surface area contributed by atoms with Crippen LogP contribution in [-0.4, -0.2) is 34.9 Å². The number of carbonyl (C=O) groups excluding carboxylic acids is 2. The highest BCUT2D eigenvalue weighted by molar-refractivity contribution is 7.14. The maximum atomic E-state index is 12.3. The maximum Gasteiger partial charge on any atom is 0.333 e. The molecule has 1 aliphatic rings. The Kier molecular flexibility index (Phi) is 3.38. The minimum atomic E-state index is -0.360. The van der Waals surface area contributed by atoms with Gasteiger partial charge in [0.15, 0.2) is 0 Å². The van der Waals surface area contributed by atoms with Gasteiger partial charge >= 0.3 is 6.03 Å². The lowest BCUT2D eigenvalue weighted by Gasteiger charge is -2.17. The van der Waals surface area contributed by atoms with Crippen LogP contribution < -0.4 is 4.90 Å². The van der Waals surface area contributed by atoms with E-state index in [4.69, 9.17) is 0 Å². The van der Waals surface area contributed by atoms with Crippen LogP contribution in [0.5, 0.6) is 0 Å². The highest BCUT2D eigenvalue weighted by Crippen LogP contribution is 2.29. The number of nitrogens with zero attached hydrogens (tertiary/aromatic N) is 3. The van der Waals surface area contributed by atoms with Gasteiger partial charge in [-0.15, -0.1) is 11.3 Å². The molecule has 0 bridgehead atoms. The van der Waals surface area contributed by atoms with Gasteiger partial charge < -0.3 is 4.90 Å². The maximum absolute atomic E-state index is 12.3. The predicted octanol–water partition coefficient (Wildman–Crippen LogP) is 2.26. The molecule has 1 aliphatic heterocycles. The number of anilines is 1. The predicted molar refractivity (Wildman–Crippen MR) is 70.7 cm³/mol. The van der Waals surface area contributed by atoms with E-state index in [-0.39, 0.29) is 18.0 Å². The topological polar surface area (TPSA) is 53.5 Å². The van der Waals surface area contributed by atoms with E-state index in [1.165, 1.54) is 21.1 Å². The second-order valence-corrected chi connectivity index (χ2v) is 5.82. The van der Waals surface area contributed by atoms with Crippen molar-refractivity contribution < 1.29 is 9.59 Å². The number of hydrogen-bond acceptors (Lipinski definition) is 4. The molecule has 0 aromatic carbocycles. The molecule has 2 heterocycles. The number of hydrogen-bond donors (Lipinski definition) is 0. The number of aromatic nitrogens is 1. The highest BCUT2D eigenvalue weighted by atomic mass is 32.1. The van der Waals surface area contributed by atoms with Crippen molar-refractivity contribution in [1.82, 2.24) is 9.88 Å². The molecule has 6 heteroatoms. The molecular formula is C12H17N3O2S. The van der Waals surface area contributed by atoms with Gasteiger partial charge in [-0.3, -0.25) is 4.79 Å². The molecule has 0 spiro atoms. The molecule has 1 aromatic rings. The van der Waals surface area contributed by atoms with Crippen molar-refractivity contribution in [1.29, 1.82) is 0 Å². The van der Waals surface area contributed by atoms with E-state index in [1.54, 1.807) is 7.05 Å². The minimum Gasteiger partial charge on any atom is -0.315 e. The molecule has 98 valence electrons. The van der Waals surface area contributed by atoms with Gasteiger partial charge in [0.05, 0.1) is 5.69 Å². The van der Waals surface area contributed by atoms with E-state index in [1.807, 2.05) is 26.2 Å². The van der Waals surface area contributed by atoms with Crippen LogP contribution in [0, 0.1) is 12.8 Å². The third-order valence-corrected chi connectivity index (χ3v) is 3.90. The summed E-state index contributed by atoms with van der Waals surface area (Å²) in [5.74, 6) is 0.206. The molecule has 1 atom stereocenters. The average Bonchev–Trinajstić information content (AvgIpc) is 2.78. The number of rotatable bonds is 3. The van der Waals surface area contributed by atoms with E-state index in [2.05, 4.69) is 4.98 Å². The standard InChI is InChI=1S/C12H17N3O2S/c1-7(2)5-9-10(16)15(12(17)14(9)4)11-13-8(3)6-18-11/h6-7,9H,5H2,1-4H3/t9-/m0/s1. The first-order valence-corrected chi connectivity index (χ1v) is 6.82. The normalized spacial score (nSPS) is 20.4. The Morgan fingerprint density at radius 3 is 2.61 bits per heavy atom. The number of urea groups is 1. The molecule has 18 heavy (non-hydrogen) atoms.